The molecular formula is C23H22BrNO. The summed E-state index contributed by atoms with van der Waals surface area (Å²) in [4.78, 5) is 12.5. The Morgan fingerprint density at radius 1 is 0.923 bits per heavy atom. The van der Waals surface area contributed by atoms with E-state index in [1.807, 2.05) is 48.5 Å². The zero-order chi connectivity index (χ0) is 18.4. The van der Waals surface area contributed by atoms with Crippen LogP contribution in [0.3, 0.4) is 0 Å². The predicted octanol–water partition coefficient (Wildman–Crippen LogP) is 6.71. The van der Waals surface area contributed by atoms with Crippen LogP contribution in [0, 0.1) is 0 Å². The second-order valence-electron chi connectivity index (χ2n) is 6.32. The fourth-order valence-corrected chi connectivity index (χ4v) is 3.36. The maximum absolute atomic E-state index is 12.5. The molecule has 132 valence electrons. The molecule has 1 N–H and O–H groups in total. The molecule has 0 spiro atoms. The maximum atomic E-state index is 12.5. The molecule has 3 rings (SSSR count). The zero-order valence-corrected chi connectivity index (χ0v) is 16.4. The van der Waals surface area contributed by atoms with Gasteiger partial charge in [-0.3, -0.25) is 4.79 Å². The Hall–Kier alpha value is -2.39. The summed E-state index contributed by atoms with van der Waals surface area (Å²) in [7, 11) is 0. The summed E-state index contributed by atoms with van der Waals surface area (Å²) >= 11 is 3.57. The van der Waals surface area contributed by atoms with Gasteiger partial charge in [-0.25, -0.2) is 0 Å². The first kappa shape index (κ1) is 18.4. The third-order valence-corrected chi connectivity index (χ3v) is 5.01. The standard InChI is InChI=1S/C23H22BrNO/c1-2-3-7-17-10-15-22(21(24)16-17)25-23(26)20-13-11-19(12-14-20)18-8-5-4-6-9-18/h4-6,8-16H,2-3,7H2,1H3,(H,25,26). The number of hydrogen-bond acceptors (Lipinski definition) is 1. The van der Waals surface area contributed by atoms with Crippen LogP contribution in [0.1, 0.15) is 35.7 Å². The van der Waals surface area contributed by atoms with Gasteiger partial charge in [-0.15, -0.1) is 0 Å². The number of benzene rings is 3. The molecular weight excluding hydrogens is 386 g/mol. The molecule has 26 heavy (non-hydrogen) atoms. The van der Waals surface area contributed by atoms with Crippen LogP contribution < -0.4 is 5.32 Å². The first-order chi connectivity index (χ1) is 12.7. The minimum atomic E-state index is -0.105. The van der Waals surface area contributed by atoms with E-state index in [1.165, 1.54) is 18.4 Å². The number of amides is 1. The Morgan fingerprint density at radius 2 is 1.62 bits per heavy atom. The summed E-state index contributed by atoms with van der Waals surface area (Å²) in [6, 6.07) is 24.0. The molecule has 0 aliphatic carbocycles. The van der Waals surface area contributed by atoms with E-state index in [2.05, 4.69) is 52.4 Å². The minimum absolute atomic E-state index is 0.105. The second kappa shape index (κ2) is 8.81. The SMILES string of the molecule is CCCCc1ccc(NC(=O)c2ccc(-c3ccccc3)cc2)c(Br)c1. The van der Waals surface area contributed by atoms with Crippen LogP contribution in [0.5, 0.6) is 0 Å². The Kier molecular flexibility index (Phi) is 6.24. The molecule has 0 heterocycles. The number of aryl methyl sites for hydroxylation is 1. The smallest absolute Gasteiger partial charge is 0.255 e. The van der Waals surface area contributed by atoms with Crippen molar-refractivity contribution in [2.24, 2.45) is 0 Å². The monoisotopic (exact) mass is 407 g/mol. The van der Waals surface area contributed by atoms with E-state index in [1.54, 1.807) is 0 Å². The third-order valence-electron chi connectivity index (χ3n) is 4.35. The summed E-state index contributed by atoms with van der Waals surface area (Å²) < 4.78 is 0.917. The fraction of sp³-hybridized carbons (Fsp3) is 0.174. The molecule has 0 saturated heterocycles. The van der Waals surface area contributed by atoms with Crippen LogP contribution in [-0.2, 0) is 6.42 Å². The van der Waals surface area contributed by atoms with E-state index in [0.717, 1.165) is 27.7 Å². The van der Waals surface area contributed by atoms with Crippen molar-refractivity contribution in [1.29, 1.82) is 0 Å². The quantitative estimate of drug-likeness (QED) is 0.483. The maximum Gasteiger partial charge on any atom is 0.255 e. The van der Waals surface area contributed by atoms with Gasteiger partial charge in [-0.2, -0.15) is 0 Å². The molecule has 0 aliphatic rings. The number of rotatable bonds is 6. The fourth-order valence-electron chi connectivity index (χ4n) is 2.84. The topological polar surface area (TPSA) is 29.1 Å². The first-order valence-corrected chi connectivity index (χ1v) is 9.72. The number of halogens is 1. The van der Waals surface area contributed by atoms with Gasteiger partial charge in [0, 0.05) is 10.0 Å². The third kappa shape index (κ3) is 4.61. The highest BCUT2D eigenvalue weighted by Crippen LogP contribution is 2.25. The molecule has 0 aliphatic heterocycles. The van der Waals surface area contributed by atoms with Gasteiger partial charge in [-0.05, 0) is 69.7 Å². The summed E-state index contributed by atoms with van der Waals surface area (Å²) in [5, 5.41) is 2.98. The zero-order valence-electron chi connectivity index (χ0n) is 14.8. The molecule has 0 fully saturated rings. The molecule has 0 atom stereocenters. The van der Waals surface area contributed by atoms with Gasteiger partial charge in [0.2, 0.25) is 0 Å². The molecule has 0 saturated carbocycles. The lowest BCUT2D eigenvalue weighted by molar-refractivity contribution is 0.102. The van der Waals surface area contributed by atoms with Gasteiger partial charge in [0.25, 0.3) is 5.91 Å². The van der Waals surface area contributed by atoms with E-state index >= 15 is 0 Å². The summed E-state index contributed by atoms with van der Waals surface area (Å²) in [6.45, 7) is 2.19. The Labute approximate surface area is 163 Å². The Morgan fingerprint density at radius 3 is 2.27 bits per heavy atom. The van der Waals surface area contributed by atoms with E-state index < -0.39 is 0 Å². The lowest BCUT2D eigenvalue weighted by Crippen LogP contribution is -2.12. The normalized spacial score (nSPS) is 10.5. The van der Waals surface area contributed by atoms with Crippen molar-refractivity contribution in [2.75, 3.05) is 5.32 Å². The van der Waals surface area contributed by atoms with Crippen LogP contribution in [0.25, 0.3) is 11.1 Å². The van der Waals surface area contributed by atoms with Gasteiger partial charge in [0.05, 0.1) is 5.69 Å². The van der Waals surface area contributed by atoms with Crippen LogP contribution in [0.4, 0.5) is 5.69 Å². The summed E-state index contributed by atoms with van der Waals surface area (Å²) in [5.74, 6) is -0.105. The predicted molar refractivity (Wildman–Crippen MR) is 113 cm³/mol. The van der Waals surface area contributed by atoms with Crippen molar-refractivity contribution in [3.8, 4) is 11.1 Å². The number of hydrogen-bond donors (Lipinski definition) is 1. The van der Waals surface area contributed by atoms with Gasteiger partial charge in [-0.1, -0.05) is 61.9 Å². The van der Waals surface area contributed by atoms with Crippen LogP contribution >= 0.6 is 15.9 Å². The van der Waals surface area contributed by atoms with Crippen molar-refractivity contribution in [3.05, 3.63) is 88.4 Å². The Bertz CT molecular complexity index is 872. The van der Waals surface area contributed by atoms with Gasteiger partial charge in [0.15, 0.2) is 0 Å². The highest BCUT2D eigenvalue weighted by molar-refractivity contribution is 9.10. The first-order valence-electron chi connectivity index (χ1n) is 8.92. The highest BCUT2D eigenvalue weighted by Gasteiger charge is 2.09. The van der Waals surface area contributed by atoms with E-state index in [0.29, 0.717) is 5.56 Å². The van der Waals surface area contributed by atoms with Crippen molar-refractivity contribution in [2.45, 2.75) is 26.2 Å². The number of nitrogens with one attached hydrogen (secondary N) is 1. The van der Waals surface area contributed by atoms with Crippen LogP contribution in [0.2, 0.25) is 0 Å². The highest BCUT2D eigenvalue weighted by atomic mass is 79.9. The van der Waals surface area contributed by atoms with Crippen LogP contribution in [0.15, 0.2) is 77.3 Å². The van der Waals surface area contributed by atoms with Gasteiger partial charge in [0.1, 0.15) is 0 Å². The second-order valence-corrected chi connectivity index (χ2v) is 7.17. The van der Waals surface area contributed by atoms with E-state index in [9.17, 15) is 4.79 Å². The molecule has 0 radical (unpaired) electrons. The van der Waals surface area contributed by atoms with Crippen molar-refractivity contribution >= 4 is 27.5 Å². The average Bonchev–Trinajstić information content (AvgIpc) is 2.69. The molecule has 3 aromatic rings. The molecule has 0 bridgehead atoms. The van der Waals surface area contributed by atoms with Crippen molar-refractivity contribution < 1.29 is 4.79 Å². The molecule has 0 aromatic heterocycles. The molecule has 2 nitrogen and oxygen atoms in total. The number of anilines is 1. The molecule has 3 aromatic carbocycles. The van der Waals surface area contributed by atoms with E-state index in [-0.39, 0.29) is 5.91 Å². The molecule has 0 unspecified atom stereocenters. The van der Waals surface area contributed by atoms with Crippen molar-refractivity contribution in [1.82, 2.24) is 0 Å². The lowest BCUT2D eigenvalue weighted by Gasteiger charge is -2.10. The van der Waals surface area contributed by atoms with Gasteiger partial charge < -0.3 is 5.32 Å². The Balaban J connectivity index is 1.70. The van der Waals surface area contributed by atoms with Gasteiger partial charge >= 0.3 is 0 Å². The van der Waals surface area contributed by atoms with Crippen molar-refractivity contribution in [3.63, 3.8) is 0 Å². The lowest BCUT2D eigenvalue weighted by atomic mass is 10.0. The molecule has 3 heteroatoms. The van der Waals surface area contributed by atoms with Crippen LogP contribution in [-0.4, -0.2) is 5.91 Å². The number of carbonyl (C=O) groups excluding carboxylic acids is 1. The minimum Gasteiger partial charge on any atom is -0.321 e. The average molecular weight is 408 g/mol. The number of unbranched alkanes of at least 4 members (excludes halogenated alkanes) is 1. The largest absolute Gasteiger partial charge is 0.321 e. The molecule has 1 amide bonds. The summed E-state index contributed by atoms with van der Waals surface area (Å²) in [6.07, 6.45) is 3.41. The van der Waals surface area contributed by atoms with E-state index in [4.69, 9.17) is 0 Å². The summed E-state index contributed by atoms with van der Waals surface area (Å²) in [5.41, 5.74) is 4.96. The number of carbonyl (C=O) groups is 1.